The average molecular weight is 339 g/mol. The lowest BCUT2D eigenvalue weighted by atomic mass is 10.1. The molecular weight excluding hydrogens is 318 g/mol. The third-order valence-corrected chi connectivity index (χ3v) is 5.31. The van der Waals surface area contributed by atoms with Crippen molar-refractivity contribution in [3.63, 3.8) is 0 Å². The van der Waals surface area contributed by atoms with Gasteiger partial charge < -0.3 is 10.0 Å². The third kappa shape index (κ3) is 2.94. The molecule has 1 aliphatic heterocycles. The molecule has 0 spiro atoms. The molecule has 0 fully saturated rings. The van der Waals surface area contributed by atoms with Crippen molar-refractivity contribution in [1.29, 1.82) is 0 Å². The van der Waals surface area contributed by atoms with Gasteiger partial charge in [-0.1, -0.05) is 35.6 Å². The van der Waals surface area contributed by atoms with E-state index in [4.69, 9.17) is 0 Å². The molecule has 0 unspecified atom stereocenters. The maximum Gasteiger partial charge on any atom is 0.155 e. The highest BCUT2D eigenvalue weighted by Gasteiger charge is 2.28. The minimum absolute atomic E-state index is 0.607. The molecule has 0 radical (unpaired) electrons. The van der Waals surface area contributed by atoms with Crippen LogP contribution in [0.2, 0.25) is 0 Å². The molecular formula is C19H21N3OS. The van der Waals surface area contributed by atoms with E-state index in [0.29, 0.717) is 15.7 Å². The van der Waals surface area contributed by atoms with Gasteiger partial charge in [-0.05, 0) is 51.3 Å². The van der Waals surface area contributed by atoms with Crippen LogP contribution in [0.15, 0.2) is 36.3 Å². The van der Waals surface area contributed by atoms with E-state index in [9.17, 15) is 5.11 Å². The molecule has 0 amide bonds. The van der Waals surface area contributed by atoms with Crippen LogP contribution in [0, 0.1) is 6.92 Å². The predicted molar refractivity (Wildman–Crippen MR) is 101 cm³/mol. The standard InChI is InChI=1S/C19H21N3OS/c1-6-20-17-16(21-18(24-17)19(4,5)23)13(3)22-10-9-14-11-12(2)7-8-15(14)22/h7-8,11,23H,1,3,9-10H2,2,4-5H3. The van der Waals surface area contributed by atoms with E-state index in [-0.39, 0.29) is 0 Å². The number of aliphatic imine (C=N–C) groups is 1. The van der Waals surface area contributed by atoms with E-state index >= 15 is 0 Å². The quantitative estimate of drug-likeness (QED) is 0.849. The van der Waals surface area contributed by atoms with Crippen molar-refractivity contribution in [2.45, 2.75) is 32.8 Å². The van der Waals surface area contributed by atoms with Gasteiger partial charge in [0.2, 0.25) is 0 Å². The highest BCUT2D eigenvalue weighted by Crippen LogP contribution is 2.41. The number of nitrogens with zero attached hydrogens (tertiary/aromatic N) is 3. The summed E-state index contributed by atoms with van der Waals surface area (Å²) >= 11 is 1.34. The summed E-state index contributed by atoms with van der Waals surface area (Å²) in [5.41, 5.74) is 4.20. The maximum absolute atomic E-state index is 10.3. The SMILES string of the molecule is C=C=Nc1sc(C(C)(C)O)nc1C(=C)N1CCc2cc(C)ccc21. The van der Waals surface area contributed by atoms with Crippen molar-refractivity contribution in [2.75, 3.05) is 11.4 Å². The van der Waals surface area contributed by atoms with Gasteiger partial charge in [0.05, 0.1) is 5.70 Å². The Morgan fingerprint density at radius 1 is 1.46 bits per heavy atom. The first kappa shape index (κ1) is 16.7. The summed E-state index contributed by atoms with van der Waals surface area (Å²) in [5.74, 6) is 2.57. The first-order chi connectivity index (χ1) is 11.3. The molecule has 0 saturated carbocycles. The van der Waals surface area contributed by atoms with Crippen LogP contribution >= 0.6 is 11.3 Å². The first-order valence-corrected chi connectivity index (χ1v) is 8.65. The molecule has 4 nitrogen and oxygen atoms in total. The van der Waals surface area contributed by atoms with Crippen LogP contribution in [0.5, 0.6) is 0 Å². The third-order valence-electron chi connectivity index (χ3n) is 4.04. The molecule has 0 atom stereocenters. The normalized spacial score (nSPS) is 13.6. The summed E-state index contributed by atoms with van der Waals surface area (Å²) < 4.78 is 0. The number of aliphatic hydroxyl groups is 1. The predicted octanol–water partition coefficient (Wildman–Crippen LogP) is 4.20. The van der Waals surface area contributed by atoms with Gasteiger partial charge in [0, 0.05) is 12.2 Å². The minimum atomic E-state index is -1.02. The van der Waals surface area contributed by atoms with Crippen LogP contribution in [0.4, 0.5) is 10.7 Å². The fourth-order valence-electron chi connectivity index (χ4n) is 2.85. The van der Waals surface area contributed by atoms with Gasteiger partial charge in [0.1, 0.15) is 16.3 Å². The Bertz CT molecular complexity index is 854. The van der Waals surface area contributed by atoms with Gasteiger partial charge in [-0.15, -0.1) is 0 Å². The van der Waals surface area contributed by atoms with Crippen LogP contribution in [0.1, 0.15) is 35.7 Å². The van der Waals surface area contributed by atoms with Gasteiger partial charge in [-0.25, -0.2) is 4.98 Å². The highest BCUT2D eigenvalue weighted by atomic mass is 32.1. The van der Waals surface area contributed by atoms with E-state index in [1.54, 1.807) is 13.8 Å². The van der Waals surface area contributed by atoms with Crippen LogP contribution in [0.25, 0.3) is 5.70 Å². The van der Waals surface area contributed by atoms with Crippen LogP contribution < -0.4 is 4.90 Å². The number of anilines is 1. The Kier molecular flexibility index (Phi) is 4.18. The lowest BCUT2D eigenvalue weighted by Crippen LogP contribution is -2.19. The van der Waals surface area contributed by atoms with Gasteiger partial charge in [0.15, 0.2) is 5.00 Å². The number of aryl methyl sites for hydroxylation is 1. The minimum Gasteiger partial charge on any atom is -0.383 e. The molecule has 1 aliphatic rings. The molecule has 0 bridgehead atoms. The van der Waals surface area contributed by atoms with Gasteiger partial charge in [-0.2, -0.15) is 4.99 Å². The molecule has 0 saturated heterocycles. The van der Waals surface area contributed by atoms with Crippen molar-refractivity contribution < 1.29 is 5.11 Å². The summed E-state index contributed by atoms with van der Waals surface area (Å²) in [6.07, 6.45) is 0.985. The summed E-state index contributed by atoms with van der Waals surface area (Å²) in [7, 11) is 0. The Balaban J connectivity index is 2.03. The second kappa shape index (κ2) is 6.02. The number of rotatable bonds is 4. The zero-order valence-electron chi connectivity index (χ0n) is 14.3. The van der Waals surface area contributed by atoms with Crippen LogP contribution in [0.3, 0.4) is 0 Å². The first-order valence-electron chi connectivity index (χ1n) is 7.84. The van der Waals surface area contributed by atoms with E-state index in [1.807, 2.05) is 0 Å². The molecule has 2 aromatic rings. The monoisotopic (exact) mass is 339 g/mol. The van der Waals surface area contributed by atoms with Crippen molar-refractivity contribution in [1.82, 2.24) is 4.98 Å². The second-order valence-corrected chi connectivity index (χ2v) is 7.46. The molecule has 0 aliphatic carbocycles. The van der Waals surface area contributed by atoms with E-state index in [1.165, 1.54) is 22.5 Å². The fourth-order valence-corrected chi connectivity index (χ4v) is 3.79. The van der Waals surface area contributed by atoms with E-state index < -0.39 is 5.60 Å². The summed E-state index contributed by atoms with van der Waals surface area (Å²) in [5, 5.41) is 11.5. The number of thiazole rings is 1. The summed E-state index contributed by atoms with van der Waals surface area (Å²) in [4.78, 5) is 11.0. The summed E-state index contributed by atoms with van der Waals surface area (Å²) in [6.45, 7) is 14.2. The Morgan fingerprint density at radius 2 is 2.21 bits per heavy atom. The Labute approximate surface area is 146 Å². The average Bonchev–Trinajstić information content (AvgIpc) is 3.10. The fraction of sp³-hybridized carbons (Fsp3) is 0.316. The molecule has 5 heteroatoms. The lowest BCUT2D eigenvalue weighted by Gasteiger charge is -2.21. The Hall–Kier alpha value is -2.20. The van der Waals surface area contributed by atoms with Crippen molar-refractivity contribution in [2.24, 2.45) is 4.99 Å². The van der Waals surface area contributed by atoms with Crippen LogP contribution in [-0.2, 0) is 12.0 Å². The zero-order valence-corrected chi connectivity index (χ0v) is 15.1. The maximum atomic E-state index is 10.3. The summed E-state index contributed by atoms with van der Waals surface area (Å²) in [6, 6.07) is 6.45. The number of hydrogen-bond acceptors (Lipinski definition) is 5. The second-order valence-electron chi connectivity index (χ2n) is 6.48. The zero-order chi connectivity index (χ0) is 17.5. The number of benzene rings is 1. The molecule has 124 valence electrons. The van der Waals surface area contributed by atoms with Gasteiger partial charge >= 0.3 is 0 Å². The number of aromatic nitrogens is 1. The van der Waals surface area contributed by atoms with Crippen LogP contribution in [-0.4, -0.2) is 22.5 Å². The molecule has 24 heavy (non-hydrogen) atoms. The van der Waals surface area contributed by atoms with Gasteiger partial charge in [-0.3, -0.25) is 0 Å². The smallest absolute Gasteiger partial charge is 0.155 e. The Morgan fingerprint density at radius 3 is 2.88 bits per heavy atom. The highest BCUT2D eigenvalue weighted by molar-refractivity contribution is 7.15. The van der Waals surface area contributed by atoms with Crippen molar-refractivity contribution in [3.05, 3.63) is 53.2 Å². The van der Waals surface area contributed by atoms with E-state index in [0.717, 1.165) is 24.4 Å². The van der Waals surface area contributed by atoms with Crippen molar-refractivity contribution in [3.8, 4) is 0 Å². The molecule has 3 rings (SSSR count). The largest absolute Gasteiger partial charge is 0.383 e. The topological polar surface area (TPSA) is 48.7 Å². The lowest BCUT2D eigenvalue weighted by molar-refractivity contribution is 0.0782. The molecule has 1 N–H and O–H groups in total. The molecule has 1 aromatic carbocycles. The van der Waals surface area contributed by atoms with E-state index in [2.05, 4.69) is 59.0 Å². The van der Waals surface area contributed by atoms with Gasteiger partial charge in [0.25, 0.3) is 0 Å². The number of fused-ring (bicyclic) bond motifs is 1. The van der Waals surface area contributed by atoms with Crippen molar-refractivity contribution >= 4 is 33.6 Å². The number of hydrogen-bond donors (Lipinski definition) is 1. The molecule has 1 aromatic heterocycles. The molecule has 2 heterocycles.